The van der Waals surface area contributed by atoms with Gasteiger partial charge in [0.2, 0.25) is 0 Å². The smallest absolute Gasteiger partial charge is 0.310 e. The molecule has 2 rings (SSSR count). The van der Waals surface area contributed by atoms with Crippen molar-refractivity contribution >= 4 is 23.0 Å². The average molecular weight is 278 g/mol. The van der Waals surface area contributed by atoms with Crippen molar-refractivity contribution in [3.8, 4) is 0 Å². The van der Waals surface area contributed by atoms with Gasteiger partial charge in [0.25, 0.3) is 0 Å². The van der Waals surface area contributed by atoms with Crippen LogP contribution in [0.25, 0.3) is 0 Å². The molecule has 1 aromatic heterocycles. The number of nitrogens with one attached hydrogen (secondary N) is 1. The fourth-order valence-electron chi connectivity index (χ4n) is 1.77. The molecule has 0 radical (unpaired) electrons. The Morgan fingerprint density at radius 1 is 1.37 bits per heavy atom. The zero-order valence-electron chi connectivity index (χ0n) is 10.2. The summed E-state index contributed by atoms with van der Waals surface area (Å²) in [4.78, 5) is 14.6. The topological polar surface area (TPSA) is 68.1 Å². The lowest BCUT2D eigenvalue weighted by molar-refractivity contribution is -0.383. The molecule has 0 fully saturated rings. The third-order valence-electron chi connectivity index (χ3n) is 2.73. The van der Waals surface area contributed by atoms with E-state index in [1.54, 1.807) is 24.5 Å². The van der Waals surface area contributed by atoms with Gasteiger partial charge in [0, 0.05) is 12.4 Å². The highest BCUT2D eigenvalue weighted by Gasteiger charge is 2.19. The molecule has 0 bridgehead atoms. The van der Waals surface area contributed by atoms with E-state index in [2.05, 4.69) is 10.3 Å². The number of rotatable bonds is 4. The van der Waals surface area contributed by atoms with Crippen molar-refractivity contribution in [2.45, 2.75) is 13.0 Å². The standard InChI is InChI=1S/C13H12ClN3O2/c1-9(10-4-3-7-15-8-10)16-12-6-2-5-11(14)13(12)17(18)19/h2-9,16H,1H3. The Bertz CT molecular complexity index is 590. The first kappa shape index (κ1) is 13.3. The van der Waals surface area contributed by atoms with E-state index in [0.29, 0.717) is 5.69 Å². The van der Waals surface area contributed by atoms with Gasteiger partial charge in [-0.15, -0.1) is 0 Å². The van der Waals surface area contributed by atoms with Crippen molar-refractivity contribution in [3.05, 3.63) is 63.4 Å². The molecule has 1 unspecified atom stereocenters. The maximum absolute atomic E-state index is 11.0. The number of benzene rings is 1. The quantitative estimate of drug-likeness (QED) is 0.681. The first-order chi connectivity index (χ1) is 9.09. The lowest BCUT2D eigenvalue weighted by Gasteiger charge is -2.15. The predicted octanol–water partition coefficient (Wildman–Crippen LogP) is 3.82. The van der Waals surface area contributed by atoms with Gasteiger partial charge in [0.15, 0.2) is 0 Å². The minimum Gasteiger partial charge on any atom is -0.373 e. The summed E-state index contributed by atoms with van der Waals surface area (Å²) in [5.74, 6) is 0. The van der Waals surface area contributed by atoms with Crippen LogP contribution in [0.15, 0.2) is 42.7 Å². The number of nitro groups is 1. The third-order valence-corrected chi connectivity index (χ3v) is 3.03. The van der Waals surface area contributed by atoms with Crippen LogP contribution in [0.3, 0.4) is 0 Å². The molecule has 98 valence electrons. The Balaban J connectivity index is 2.29. The van der Waals surface area contributed by atoms with E-state index in [0.717, 1.165) is 5.56 Å². The lowest BCUT2D eigenvalue weighted by Crippen LogP contribution is -2.08. The number of hydrogen-bond acceptors (Lipinski definition) is 4. The molecular formula is C13H12ClN3O2. The second-order valence-corrected chi connectivity index (χ2v) is 4.45. The van der Waals surface area contributed by atoms with E-state index in [9.17, 15) is 10.1 Å². The van der Waals surface area contributed by atoms with Gasteiger partial charge in [-0.25, -0.2) is 0 Å². The molecular weight excluding hydrogens is 266 g/mol. The summed E-state index contributed by atoms with van der Waals surface area (Å²) in [5.41, 5.74) is 1.23. The molecule has 2 aromatic rings. The number of nitrogens with zero attached hydrogens (tertiary/aromatic N) is 2. The van der Waals surface area contributed by atoms with Crippen molar-refractivity contribution in [1.82, 2.24) is 4.98 Å². The molecule has 0 saturated carbocycles. The van der Waals surface area contributed by atoms with E-state index in [1.165, 1.54) is 6.07 Å². The normalized spacial score (nSPS) is 11.9. The Morgan fingerprint density at radius 2 is 2.16 bits per heavy atom. The predicted molar refractivity (Wildman–Crippen MR) is 74.4 cm³/mol. The Morgan fingerprint density at radius 3 is 2.79 bits per heavy atom. The minimum atomic E-state index is -0.485. The maximum atomic E-state index is 11.0. The van der Waals surface area contributed by atoms with Crippen LogP contribution in [-0.2, 0) is 0 Å². The number of hydrogen-bond donors (Lipinski definition) is 1. The first-order valence-corrected chi connectivity index (χ1v) is 6.06. The van der Waals surface area contributed by atoms with E-state index in [1.807, 2.05) is 19.1 Å². The largest absolute Gasteiger partial charge is 0.373 e. The van der Waals surface area contributed by atoms with Crippen molar-refractivity contribution < 1.29 is 4.92 Å². The molecule has 0 aliphatic rings. The van der Waals surface area contributed by atoms with Crippen LogP contribution in [0.1, 0.15) is 18.5 Å². The lowest BCUT2D eigenvalue weighted by atomic mass is 10.1. The molecule has 0 spiro atoms. The van der Waals surface area contributed by atoms with E-state index < -0.39 is 4.92 Å². The summed E-state index contributed by atoms with van der Waals surface area (Å²) in [6.45, 7) is 1.90. The molecule has 0 aliphatic heterocycles. The van der Waals surface area contributed by atoms with Crippen LogP contribution in [0.4, 0.5) is 11.4 Å². The molecule has 1 atom stereocenters. The van der Waals surface area contributed by atoms with E-state index in [-0.39, 0.29) is 16.8 Å². The number of pyridine rings is 1. The summed E-state index contributed by atoms with van der Waals surface area (Å²) >= 11 is 5.86. The zero-order chi connectivity index (χ0) is 13.8. The molecule has 19 heavy (non-hydrogen) atoms. The number of para-hydroxylation sites is 1. The Kier molecular flexibility index (Phi) is 3.97. The van der Waals surface area contributed by atoms with Gasteiger partial charge in [-0.2, -0.15) is 0 Å². The fraction of sp³-hybridized carbons (Fsp3) is 0.154. The highest BCUT2D eigenvalue weighted by Crippen LogP contribution is 2.34. The van der Waals surface area contributed by atoms with Gasteiger partial charge < -0.3 is 5.32 Å². The van der Waals surface area contributed by atoms with E-state index in [4.69, 9.17) is 11.6 Å². The molecule has 1 N–H and O–H groups in total. The molecule has 0 saturated heterocycles. The van der Waals surface area contributed by atoms with Crippen LogP contribution < -0.4 is 5.32 Å². The van der Waals surface area contributed by atoms with Crippen molar-refractivity contribution in [2.75, 3.05) is 5.32 Å². The van der Waals surface area contributed by atoms with Crippen LogP contribution in [0.5, 0.6) is 0 Å². The molecule has 0 aliphatic carbocycles. The van der Waals surface area contributed by atoms with Crippen molar-refractivity contribution in [1.29, 1.82) is 0 Å². The summed E-state index contributed by atoms with van der Waals surface area (Å²) < 4.78 is 0. The molecule has 5 nitrogen and oxygen atoms in total. The van der Waals surface area contributed by atoms with Gasteiger partial charge in [0.1, 0.15) is 10.7 Å². The summed E-state index contributed by atoms with van der Waals surface area (Å²) in [6.07, 6.45) is 3.39. The third kappa shape index (κ3) is 3.00. The highest BCUT2D eigenvalue weighted by molar-refractivity contribution is 6.33. The summed E-state index contributed by atoms with van der Waals surface area (Å²) in [6, 6.07) is 8.43. The fourth-order valence-corrected chi connectivity index (χ4v) is 2.01. The average Bonchev–Trinajstić information content (AvgIpc) is 2.39. The second-order valence-electron chi connectivity index (χ2n) is 4.05. The van der Waals surface area contributed by atoms with Crippen LogP contribution in [-0.4, -0.2) is 9.91 Å². The van der Waals surface area contributed by atoms with E-state index >= 15 is 0 Å². The van der Waals surface area contributed by atoms with Gasteiger partial charge in [0.05, 0.1) is 11.0 Å². The van der Waals surface area contributed by atoms with Crippen LogP contribution in [0, 0.1) is 10.1 Å². The van der Waals surface area contributed by atoms with Gasteiger partial charge in [-0.3, -0.25) is 15.1 Å². The minimum absolute atomic E-state index is 0.106. The van der Waals surface area contributed by atoms with Crippen molar-refractivity contribution in [3.63, 3.8) is 0 Å². The van der Waals surface area contributed by atoms with Crippen LogP contribution >= 0.6 is 11.6 Å². The Hall–Kier alpha value is -2.14. The summed E-state index contributed by atoms with van der Waals surface area (Å²) in [7, 11) is 0. The summed E-state index contributed by atoms with van der Waals surface area (Å²) in [5, 5.41) is 14.2. The number of halogens is 1. The number of nitro benzene ring substituents is 1. The van der Waals surface area contributed by atoms with Crippen LogP contribution in [0.2, 0.25) is 5.02 Å². The second kappa shape index (κ2) is 5.67. The first-order valence-electron chi connectivity index (χ1n) is 5.69. The monoisotopic (exact) mass is 277 g/mol. The van der Waals surface area contributed by atoms with Crippen molar-refractivity contribution in [2.24, 2.45) is 0 Å². The molecule has 1 aromatic carbocycles. The zero-order valence-corrected chi connectivity index (χ0v) is 11.0. The highest BCUT2D eigenvalue weighted by atomic mass is 35.5. The molecule has 0 amide bonds. The molecule has 6 heteroatoms. The SMILES string of the molecule is CC(Nc1cccc(Cl)c1[N+](=O)[O-])c1cccnc1. The van der Waals surface area contributed by atoms with Gasteiger partial charge >= 0.3 is 5.69 Å². The maximum Gasteiger partial charge on any atom is 0.310 e. The number of aromatic nitrogens is 1. The Labute approximate surface area is 115 Å². The van der Waals surface area contributed by atoms with Gasteiger partial charge in [-0.05, 0) is 30.7 Å². The number of anilines is 1. The molecule has 1 heterocycles. The van der Waals surface area contributed by atoms with Gasteiger partial charge in [-0.1, -0.05) is 23.7 Å².